The van der Waals surface area contributed by atoms with Gasteiger partial charge in [-0.25, -0.2) is 9.37 Å². The first kappa shape index (κ1) is 20.0. The number of para-hydroxylation sites is 1. The van der Waals surface area contributed by atoms with Crippen LogP contribution in [0.1, 0.15) is 16.8 Å². The zero-order valence-corrected chi connectivity index (χ0v) is 17.4. The number of nitrogens with zero attached hydrogens (tertiary/aromatic N) is 3. The van der Waals surface area contributed by atoms with E-state index >= 15 is 0 Å². The smallest absolute Gasteiger partial charge is 0.233 e. The summed E-state index contributed by atoms with van der Waals surface area (Å²) < 4.78 is 20.2. The van der Waals surface area contributed by atoms with E-state index in [9.17, 15) is 9.18 Å². The molecule has 2 aromatic carbocycles. The van der Waals surface area contributed by atoms with Crippen LogP contribution in [0.15, 0.2) is 60.8 Å². The zero-order chi connectivity index (χ0) is 21.1. The molecular weight excluding hydrogens is 401 g/mol. The summed E-state index contributed by atoms with van der Waals surface area (Å²) in [5.41, 5.74) is 2.84. The van der Waals surface area contributed by atoms with Gasteiger partial charge in [-0.2, -0.15) is 0 Å². The summed E-state index contributed by atoms with van der Waals surface area (Å²) in [6.45, 7) is 2.20. The number of halogens is 1. The molecule has 0 fully saturated rings. The van der Waals surface area contributed by atoms with E-state index in [1.54, 1.807) is 30.3 Å². The number of hydrogen-bond donors (Lipinski definition) is 0. The monoisotopic (exact) mass is 421 g/mol. The molecule has 0 unspecified atom stereocenters. The van der Waals surface area contributed by atoms with E-state index < -0.39 is 5.82 Å². The summed E-state index contributed by atoms with van der Waals surface area (Å²) in [6.07, 6.45) is 1.87. The van der Waals surface area contributed by atoms with Gasteiger partial charge in [0.2, 0.25) is 5.91 Å². The zero-order valence-electron chi connectivity index (χ0n) is 16.6. The summed E-state index contributed by atoms with van der Waals surface area (Å²) in [7, 11) is 1.62. The predicted molar refractivity (Wildman–Crippen MR) is 116 cm³/mol. The molecule has 0 radical (unpaired) electrons. The number of aromatic nitrogens is 2. The highest BCUT2D eigenvalue weighted by Crippen LogP contribution is 2.31. The van der Waals surface area contributed by atoms with Crippen molar-refractivity contribution in [3.63, 3.8) is 0 Å². The lowest BCUT2D eigenvalue weighted by Crippen LogP contribution is -2.32. The molecule has 0 aliphatic heterocycles. The average Bonchev–Trinajstić information content (AvgIpc) is 3.18. The van der Waals surface area contributed by atoms with Crippen molar-refractivity contribution < 1.29 is 13.9 Å². The maximum atomic E-state index is 14.2. The summed E-state index contributed by atoms with van der Waals surface area (Å²) in [4.78, 5) is 23.6. The number of carbonyl (C=O) groups excluding carboxylic acids is 1. The third kappa shape index (κ3) is 4.16. The SMILES string of the molecule is COc1ccc(CC(=O)N(Cc2ccccn2)c2nc3c(F)cccc3s2)cc1C. The van der Waals surface area contributed by atoms with Gasteiger partial charge in [-0.05, 0) is 48.4 Å². The Morgan fingerprint density at radius 1 is 1.17 bits per heavy atom. The van der Waals surface area contributed by atoms with Crippen molar-refractivity contribution in [1.82, 2.24) is 9.97 Å². The topological polar surface area (TPSA) is 55.3 Å². The number of pyridine rings is 1. The third-order valence-corrected chi connectivity index (χ3v) is 5.79. The molecule has 1 amide bonds. The molecule has 30 heavy (non-hydrogen) atoms. The molecule has 2 heterocycles. The molecule has 4 rings (SSSR count). The molecule has 0 saturated heterocycles. The minimum absolute atomic E-state index is 0.135. The van der Waals surface area contributed by atoms with Crippen LogP contribution in [-0.2, 0) is 17.8 Å². The van der Waals surface area contributed by atoms with Crippen LogP contribution in [-0.4, -0.2) is 23.0 Å². The van der Waals surface area contributed by atoms with Crippen molar-refractivity contribution in [2.24, 2.45) is 0 Å². The number of rotatable bonds is 6. The lowest BCUT2D eigenvalue weighted by Gasteiger charge is -2.20. The number of methoxy groups -OCH3 is 1. The third-order valence-electron chi connectivity index (χ3n) is 4.75. The quantitative estimate of drug-likeness (QED) is 0.443. The Hall–Kier alpha value is -3.32. The van der Waals surface area contributed by atoms with E-state index in [1.165, 1.54) is 17.4 Å². The highest BCUT2D eigenvalue weighted by Gasteiger charge is 2.22. The van der Waals surface area contributed by atoms with Gasteiger partial charge in [0.05, 0.1) is 30.5 Å². The number of aryl methyl sites for hydroxylation is 1. The van der Waals surface area contributed by atoms with E-state index in [1.807, 2.05) is 43.3 Å². The number of hydrogen-bond acceptors (Lipinski definition) is 5. The number of anilines is 1. The standard InChI is InChI=1S/C23H20FN3O2S/c1-15-12-16(9-10-19(15)29-2)13-21(28)27(14-17-6-3-4-11-25-17)23-26-22-18(24)7-5-8-20(22)30-23/h3-12H,13-14H2,1-2H3. The van der Waals surface area contributed by atoms with Gasteiger partial charge in [-0.3, -0.25) is 14.7 Å². The first-order chi connectivity index (χ1) is 14.5. The van der Waals surface area contributed by atoms with Gasteiger partial charge >= 0.3 is 0 Å². The van der Waals surface area contributed by atoms with Crippen molar-refractivity contribution >= 4 is 32.6 Å². The lowest BCUT2D eigenvalue weighted by molar-refractivity contribution is -0.118. The molecule has 5 nitrogen and oxygen atoms in total. The first-order valence-corrected chi connectivity index (χ1v) is 10.3. The van der Waals surface area contributed by atoms with Crippen molar-refractivity contribution in [3.8, 4) is 5.75 Å². The van der Waals surface area contributed by atoms with E-state index in [2.05, 4.69) is 9.97 Å². The second kappa shape index (κ2) is 8.59. The van der Waals surface area contributed by atoms with Crippen LogP contribution in [0.2, 0.25) is 0 Å². The molecule has 2 aromatic heterocycles. The van der Waals surface area contributed by atoms with Gasteiger partial charge in [-0.1, -0.05) is 35.6 Å². The van der Waals surface area contributed by atoms with Gasteiger partial charge in [0.15, 0.2) is 5.13 Å². The number of thiazole rings is 1. The van der Waals surface area contributed by atoms with Crippen LogP contribution in [0.3, 0.4) is 0 Å². The number of ether oxygens (including phenoxy) is 1. The van der Waals surface area contributed by atoms with Crippen molar-refractivity contribution in [2.75, 3.05) is 12.0 Å². The second-order valence-electron chi connectivity index (χ2n) is 6.86. The van der Waals surface area contributed by atoms with Gasteiger partial charge in [0.1, 0.15) is 17.1 Å². The van der Waals surface area contributed by atoms with Crippen molar-refractivity contribution in [2.45, 2.75) is 19.9 Å². The van der Waals surface area contributed by atoms with E-state index in [0.717, 1.165) is 22.6 Å². The Kier molecular flexibility index (Phi) is 5.72. The Bertz CT molecular complexity index is 1190. The number of benzene rings is 2. The second-order valence-corrected chi connectivity index (χ2v) is 7.87. The highest BCUT2D eigenvalue weighted by atomic mass is 32.1. The summed E-state index contributed by atoms with van der Waals surface area (Å²) >= 11 is 1.29. The molecule has 7 heteroatoms. The van der Waals surface area contributed by atoms with Crippen LogP contribution >= 0.6 is 11.3 Å². The minimum atomic E-state index is -0.397. The fourth-order valence-corrected chi connectivity index (χ4v) is 4.25. The van der Waals surface area contributed by atoms with Crippen LogP contribution < -0.4 is 9.64 Å². The fourth-order valence-electron chi connectivity index (χ4n) is 3.26. The largest absolute Gasteiger partial charge is 0.496 e. The molecule has 0 aliphatic rings. The molecule has 0 spiro atoms. The summed E-state index contributed by atoms with van der Waals surface area (Å²) in [5, 5.41) is 0.455. The van der Waals surface area contributed by atoms with Gasteiger partial charge in [0.25, 0.3) is 0 Å². The van der Waals surface area contributed by atoms with Crippen LogP contribution in [0, 0.1) is 12.7 Å². The molecule has 0 saturated carbocycles. The molecule has 4 aromatic rings. The number of amides is 1. The van der Waals surface area contributed by atoms with Crippen LogP contribution in [0.5, 0.6) is 5.75 Å². The Labute approximate surface area is 177 Å². The van der Waals surface area contributed by atoms with Crippen molar-refractivity contribution in [1.29, 1.82) is 0 Å². The number of fused-ring (bicyclic) bond motifs is 1. The molecule has 0 bridgehead atoms. The van der Waals surface area contributed by atoms with Gasteiger partial charge < -0.3 is 4.74 Å². The first-order valence-electron chi connectivity index (χ1n) is 9.44. The maximum Gasteiger partial charge on any atom is 0.233 e. The van der Waals surface area contributed by atoms with Crippen molar-refractivity contribution in [3.05, 3.63) is 83.4 Å². The molecule has 0 aliphatic carbocycles. The summed E-state index contributed by atoms with van der Waals surface area (Å²) in [6, 6.07) is 16.0. The van der Waals surface area contributed by atoms with Gasteiger partial charge in [0, 0.05) is 6.20 Å². The van der Waals surface area contributed by atoms with E-state index in [4.69, 9.17) is 4.74 Å². The minimum Gasteiger partial charge on any atom is -0.496 e. The average molecular weight is 421 g/mol. The molecule has 0 N–H and O–H groups in total. The maximum absolute atomic E-state index is 14.2. The Morgan fingerprint density at radius 2 is 2.03 bits per heavy atom. The molecule has 152 valence electrons. The Morgan fingerprint density at radius 3 is 2.73 bits per heavy atom. The van der Waals surface area contributed by atoms with Crippen LogP contribution in [0.25, 0.3) is 10.2 Å². The number of carbonyl (C=O) groups is 1. The lowest BCUT2D eigenvalue weighted by atomic mass is 10.1. The summed E-state index contributed by atoms with van der Waals surface area (Å²) in [5.74, 6) is 0.244. The van der Waals surface area contributed by atoms with Crippen LogP contribution in [0.4, 0.5) is 9.52 Å². The Balaban J connectivity index is 1.68. The molecular formula is C23H20FN3O2S. The predicted octanol–water partition coefficient (Wildman–Crippen LogP) is 4.92. The van der Waals surface area contributed by atoms with E-state index in [0.29, 0.717) is 9.83 Å². The normalized spacial score (nSPS) is 10.9. The fraction of sp³-hybridized carbons (Fsp3) is 0.174. The van der Waals surface area contributed by atoms with E-state index in [-0.39, 0.29) is 24.4 Å². The highest BCUT2D eigenvalue weighted by molar-refractivity contribution is 7.22. The van der Waals surface area contributed by atoms with Gasteiger partial charge in [-0.15, -0.1) is 0 Å². The molecule has 0 atom stereocenters.